The highest BCUT2D eigenvalue weighted by molar-refractivity contribution is 5.88. The van der Waals surface area contributed by atoms with Crippen LogP contribution in [0.25, 0.3) is 0 Å². The smallest absolute Gasteiger partial charge is 0.463 e. The Hall–Kier alpha value is -1.45. The van der Waals surface area contributed by atoms with Crippen LogP contribution in [0.3, 0.4) is 0 Å². The second-order valence-electron chi connectivity index (χ2n) is 2.95. The Bertz CT molecular complexity index is 303. The van der Waals surface area contributed by atoms with Gasteiger partial charge in [0.1, 0.15) is 6.04 Å². The third kappa shape index (κ3) is 3.80. The Morgan fingerprint density at radius 1 is 1.18 bits per heavy atom. The van der Waals surface area contributed by atoms with Crippen molar-refractivity contribution in [1.29, 1.82) is 0 Å². The van der Waals surface area contributed by atoms with Crippen molar-refractivity contribution < 1.29 is 41.8 Å². The standard InChI is InChI=1S/C7H8F5NO4/c8-6(9,7(10,11)12)5(17)13-3(1-2-14)4(15)16/h3,14H,1-2H2,(H,13,17)(H,15,16). The van der Waals surface area contributed by atoms with Crippen LogP contribution in [0.15, 0.2) is 0 Å². The molecule has 0 saturated carbocycles. The number of nitrogens with one attached hydrogen (secondary N) is 1. The molecule has 0 aliphatic carbocycles. The predicted octanol–water partition coefficient (Wildman–Crippen LogP) is 0.136. The molecule has 0 rings (SSSR count). The molecule has 1 atom stereocenters. The molecule has 0 aromatic heterocycles. The molecule has 1 amide bonds. The Balaban J connectivity index is 4.78. The van der Waals surface area contributed by atoms with Gasteiger partial charge in [-0.15, -0.1) is 0 Å². The fraction of sp³-hybridized carbons (Fsp3) is 0.714. The molecule has 0 radical (unpaired) electrons. The third-order valence-corrected chi connectivity index (χ3v) is 1.66. The van der Waals surface area contributed by atoms with Gasteiger partial charge in [0.05, 0.1) is 0 Å². The van der Waals surface area contributed by atoms with Gasteiger partial charge in [-0.3, -0.25) is 4.79 Å². The van der Waals surface area contributed by atoms with Crippen LogP contribution >= 0.6 is 0 Å². The molecule has 3 N–H and O–H groups in total. The number of aliphatic hydroxyl groups excluding tert-OH is 1. The number of amides is 1. The maximum absolute atomic E-state index is 12.4. The maximum atomic E-state index is 12.4. The quantitative estimate of drug-likeness (QED) is 0.617. The van der Waals surface area contributed by atoms with Gasteiger partial charge in [-0.05, 0) is 0 Å². The number of aliphatic hydroxyl groups is 1. The zero-order valence-electron chi connectivity index (χ0n) is 8.09. The lowest BCUT2D eigenvalue weighted by atomic mass is 10.2. The summed E-state index contributed by atoms with van der Waals surface area (Å²) >= 11 is 0. The fourth-order valence-electron chi connectivity index (χ4n) is 0.764. The Morgan fingerprint density at radius 3 is 1.94 bits per heavy atom. The number of hydrogen-bond donors (Lipinski definition) is 3. The van der Waals surface area contributed by atoms with Gasteiger partial charge in [-0.1, -0.05) is 0 Å². The van der Waals surface area contributed by atoms with Crippen LogP contribution in [-0.4, -0.2) is 46.8 Å². The summed E-state index contributed by atoms with van der Waals surface area (Å²) in [5.41, 5.74) is 0. The molecule has 100 valence electrons. The van der Waals surface area contributed by atoms with E-state index in [0.717, 1.165) is 5.32 Å². The average molecular weight is 265 g/mol. The summed E-state index contributed by atoms with van der Waals surface area (Å²) < 4.78 is 59.9. The summed E-state index contributed by atoms with van der Waals surface area (Å²) in [7, 11) is 0. The number of halogens is 5. The Morgan fingerprint density at radius 2 is 1.65 bits per heavy atom. The monoisotopic (exact) mass is 265 g/mol. The van der Waals surface area contributed by atoms with E-state index in [4.69, 9.17) is 10.2 Å². The summed E-state index contributed by atoms with van der Waals surface area (Å²) in [6, 6.07) is -2.01. The number of alkyl halides is 5. The largest absolute Gasteiger partial charge is 0.480 e. The molecule has 0 aliphatic rings. The minimum absolute atomic E-state index is 0.686. The number of aliphatic carboxylic acids is 1. The first kappa shape index (κ1) is 15.5. The molecule has 0 heterocycles. The van der Waals surface area contributed by atoms with Gasteiger partial charge in [-0.2, -0.15) is 22.0 Å². The van der Waals surface area contributed by atoms with Crippen LogP contribution in [0.5, 0.6) is 0 Å². The molecular formula is C7H8F5NO4. The van der Waals surface area contributed by atoms with Gasteiger partial charge in [0.25, 0.3) is 0 Å². The highest BCUT2D eigenvalue weighted by atomic mass is 19.4. The average Bonchev–Trinajstić information content (AvgIpc) is 2.14. The molecule has 0 spiro atoms. The van der Waals surface area contributed by atoms with Crippen molar-refractivity contribution in [3.8, 4) is 0 Å². The van der Waals surface area contributed by atoms with Gasteiger partial charge in [0.15, 0.2) is 0 Å². The molecule has 0 aliphatic heterocycles. The van der Waals surface area contributed by atoms with Crippen molar-refractivity contribution in [3.05, 3.63) is 0 Å². The van der Waals surface area contributed by atoms with Crippen LogP contribution < -0.4 is 5.32 Å². The second-order valence-corrected chi connectivity index (χ2v) is 2.95. The molecule has 10 heteroatoms. The molecule has 0 aromatic rings. The van der Waals surface area contributed by atoms with E-state index in [9.17, 15) is 31.5 Å². The van der Waals surface area contributed by atoms with E-state index in [-0.39, 0.29) is 0 Å². The van der Waals surface area contributed by atoms with Crippen LogP contribution in [-0.2, 0) is 9.59 Å². The van der Waals surface area contributed by atoms with E-state index < -0.39 is 43.0 Å². The van der Waals surface area contributed by atoms with Gasteiger partial charge in [0, 0.05) is 13.0 Å². The van der Waals surface area contributed by atoms with Gasteiger partial charge < -0.3 is 15.5 Å². The van der Waals surface area contributed by atoms with Crippen molar-refractivity contribution in [2.45, 2.75) is 24.6 Å². The van der Waals surface area contributed by atoms with E-state index in [2.05, 4.69) is 0 Å². The summed E-state index contributed by atoms with van der Waals surface area (Å²) in [6.45, 7) is -0.797. The Labute approximate surface area is 91.2 Å². The van der Waals surface area contributed by atoms with Crippen molar-refractivity contribution in [3.63, 3.8) is 0 Å². The lowest BCUT2D eigenvalue weighted by Gasteiger charge is -2.21. The Kier molecular flexibility index (Phi) is 4.81. The molecule has 0 saturated heterocycles. The van der Waals surface area contributed by atoms with E-state index >= 15 is 0 Å². The zero-order valence-corrected chi connectivity index (χ0v) is 8.09. The van der Waals surface area contributed by atoms with Gasteiger partial charge in [-0.25, -0.2) is 4.79 Å². The molecule has 0 aromatic carbocycles. The van der Waals surface area contributed by atoms with E-state index in [1.165, 1.54) is 0 Å². The lowest BCUT2D eigenvalue weighted by Crippen LogP contribution is -2.54. The van der Waals surface area contributed by atoms with E-state index in [0.29, 0.717) is 0 Å². The molecule has 0 bridgehead atoms. The lowest BCUT2D eigenvalue weighted by molar-refractivity contribution is -0.270. The molecule has 0 fully saturated rings. The van der Waals surface area contributed by atoms with Crippen LogP contribution in [0.1, 0.15) is 6.42 Å². The van der Waals surface area contributed by atoms with Crippen molar-refractivity contribution in [2.24, 2.45) is 0 Å². The highest BCUT2D eigenvalue weighted by Gasteiger charge is 2.63. The number of carboxylic acid groups (broad SMARTS) is 1. The van der Waals surface area contributed by atoms with Crippen LogP contribution in [0, 0.1) is 0 Å². The highest BCUT2D eigenvalue weighted by Crippen LogP contribution is 2.35. The van der Waals surface area contributed by atoms with Crippen LogP contribution in [0.2, 0.25) is 0 Å². The second kappa shape index (κ2) is 5.25. The SMILES string of the molecule is O=C(O)C(CCO)NC(=O)C(F)(F)C(F)(F)F. The molecule has 1 unspecified atom stereocenters. The number of carboxylic acids is 1. The topological polar surface area (TPSA) is 86.6 Å². The number of carbonyl (C=O) groups excluding carboxylic acids is 1. The number of hydrogen-bond acceptors (Lipinski definition) is 3. The normalized spacial score (nSPS) is 14.2. The number of rotatable bonds is 5. The molecule has 5 nitrogen and oxygen atoms in total. The summed E-state index contributed by atoms with van der Waals surface area (Å²) in [5.74, 6) is -10.3. The van der Waals surface area contributed by atoms with E-state index in [1.807, 2.05) is 0 Å². The molecular weight excluding hydrogens is 257 g/mol. The summed E-state index contributed by atoms with van der Waals surface area (Å²) in [6.07, 6.45) is -6.80. The summed E-state index contributed by atoms with van der Waals surface area (Å²) in [5, 5.41) is 17.7. The van der Waals surface area contributed by atoms with Crippen molar-refractivity contribution in [2.75, 3.05) is 6.61 Å². The predicted molar refractivity (Wildman–Crippen MR) is 42.3 cm³/mol. The minimum Gasteiger partial charge on any atom is -0.480 e. The number of carbonyl (C=O) groups is 2. The molecule has 17 heavy (non-hydrogen) atoms. The fourth-order valence-corrected chi connectivity index (χ4v) is 0.764. The first-order valence-corrected chi connectivity index (χ1v) is 4.13. The zero-order chi connectivity index (χ0) is 13.9. The van der Waals surface area contributed by atoms with Gasteiger partial charge in [0.2, 0.25) is 0 Å². The third-order valence-electron chi connectivity index (χ3n) is 1.66. The van der Waals surface area contributed by atoms with E-state index in [1.54, 1.807) is 0 Å². The van der Waals surface area contributed by atoms with Gasteiger partial charge >= 0.3 is 24.0 Å². The first-order valence-electron chi connectivity index (χ1n) is 4.13. The maximum Gasteiger partial charge on any atom is 0.463 e. The summed E-state index contributed by atoms with van der Waals surface area (Å²) in [4.78, 5) is 20.9. The minimum atomic E-state index is -6.11. The van der Waals surface area contributed by atoms with Crippen LogP contribution in [0.4, 0.5) is 22.0 Å². The first-order chi connectivity index (χ1) is 7.54. The van der Waals surface area contributed by atoms with Crippen molar-refractivity contribution >= 4 is 11.9 Å². The van der Waals surface area contributed by atoms with Crippen molar-refractivity contribution in [1.82, 2.24) is 5.32 Å².